The van der Waals surface area contributed by atoms with Gasteiger partial charge in [0.1, 0.15) is 5.75 Å². The van der Waals surface area contributed by atoms with Crippen LogP contribution in [-0.4, -0.2) is 14.4 Å². The molecule has 0 saturated heterocycles. The summed E-state index contributed by atoms with van der Waals surface area (Å²) < 4.78 is 51.0. The van der Waals surface area contributed by atoms with Crippen molar-refractivity contribution in [1.82, 2.24) is 0 Å². The monoisotopic (exact) mass is 502 g/mol. The van der Waals surface area contributed by atoms with Gasteiger partial charge in [0, 0.05) is 5.56 Å². The Morgan fingerprint density at radius 2 is 1.03 bits per heavy atom. The van der Waals surface area contributed by atoms with Gasteiger partial charge in [0.25, 0.3) is 0 Å². The van der Waals surface area contributed by atoms with Gasteiger partial charge in [-0.15, -0.1) is 0 Å². The lowest BCUT2D eigenvalue weighted by atomic mass is 9.91. The molecule has 5 aromatic rings. The molecule has 0 fully saturated rings. The average Bonchev–Trinajstić information content (AvgIpc) is 2.93. The number of hydrogen-bond acceptors (Lipinski definition) is 1. The molecule has 1 aromatic heterocycles. The second kappa shape index (κ2) is 11.6. The molecule has 1 heterocycles. The van der Waals surface area contributed by atoms with Gasteiger partial charge >= 0.3 is 18.8 Å². The largest absolute Gasteiger partial charge is 0.673 e. The maximum atomic E-state index is 9.75. The topological polar surface area (TPSA) is 20.5 Å². The molecular formula is C30H23BF4O2. The molecule has 37 heavy (non-hydrogen) atoms. The second-order valence-corrected chi connectivity index (χ2v) is 8.05. The van der Waals surface area contributed by atoms with Crippen LogP contribution in [0.25, 0.3) is 44.9 Å². The number of halogens is 4. The predicted molar refractivity (Wildman–Crippen MR) is 142 cm³/mol. The number of methoxy groups -OCH3 is 1. The molecule has 0 aliphatic heterocycles. The van der Waals surface area contributed by atoms with Crippen LogP contribution in [0.15, 0.2) is 126 Å². The number of ether oxygens (including phenoxy) is 1. The molecule has 2 nitrogen and oxygen atoms in total. The Morgan fingerprint density at radius 1 is 0.568 bits per heavy atom. The third-order valence-electron chi connectivity index (χ3n) is 5.54. The van der Waals surface area contributed by atoms with Gasteiger partial charge in [-0.3, -0.25) is 0 Å². The van der Waals surface area contributed by atoms with E-state index in [1.807, 2.05) is 54.6 Å². The van der Waals surface area contributed by atoms with E-state index in [0.717, 1.165) is 50.7 Å². The average molecular weight is 502 g/mol. The van der Waals surface area contributed by atoms with Crippen molar-refractivity contribution in [2.75, 3.05) is 7.11 Å². The van der Waals surface area contributed by atoms with Crippen molar-refractivity contribution in [3.8, 4) is 50.7 Å². The van der Waals surface area contributed by atoms with Crippen molar-refractivity contribution in [3.05, 3.63) is 121 Å². The molecule has 0 bridgehead atoms. The van der Waals surface area contributed by atoms with Gasteiger partial charge in [0.05, 0.1) is 29.9 Å². The third kappa shape index (κ3) is 6.85. The summed E-state index contributed by atoms with van der Waals surface area (Å²) in [6.45, 7) is 0. The molecule has 4 aromatic carbocycles. The van der Waals surface area contributed by atoms with Crippen molar-refractivity contribution >= 4 is 7.25 Å². The second-order valence-electron chi connectivity index (χ2n) is 8.05. The molecule has 0 radical (unpaired) electrons. The zero-order valence-corrected chi connectivity index (χ0v) is 20.0. The first-order valence-electron chi connectivity index (χ1n) is 11.5. The SMILES string of the molecule is COc1ccc(-c2c(-c3ccccc3)cc(-c3ccccc3)[o+]c2-c2ccccc2)cc1.F[B-](F)(F)F. The van der Waals surface area contributed by atoms with Crippen LogP contribution in [0.4, 0.5) is 17.3 Å². The lowest BCUT2D eigenvalue weighted by Crippen LogP contribution is -2.02. The van der Waals surface area contributed by atoms with E-state index in [9.17, 15) is 17.3 Å². The van der Waals surface area contributed by atoms with E-state index >= 15 is 0 Å². The molecule has 0 N–H and O–H groups in total. The highest BCUT2D eigenvalue weighted by atomic mass is 19.5. The summed E-state index contributed by atoms with van der Waals surface area (Å²) in [6, 6.07) is 41.3. The predicted octanol–water partition coefficient (Wildman–Crippen LogP) is 9.54. The first-order chi connectivity index (χ1) is 17.8. The van der Waals surface area contributed by atoms with Crippen LogP contribution in [0.2, 0.25) is 0 Å². The third-order valence-corrected chi connectivity index (χ3v) is 5.54. The molecule has 5 rings (SSSR count). The molecule has 0 spiro atoms. The minimum atomic E-state index is -6.00. The van der Waals surface area contributed by atoms with Gasteiger partial charge < -0.3 is 22.0 Å². The minimum absolute atomic E-state index is 0.828. The molecule has 0 aliphatic carbocycles. The molecular weight excluding hydrogens is 479 g/mol. The summed E-state index contributed by atoms with van der Waals surface area (Å²) in [5.41, 5.74) is 6.48. The van der Waals surface area contributed by atoms with Gasteiger partial charge in [-0.05, 0) is 47.5 Å². The minimum Gasteiger partial charge on any atom is -0.497 e. The molecule has 186 valence electrons. The zero-order chi connectivity index (χ0) is 26.3. The van der Waals surface area contributed by atoms with Crippen LogP contribution in [0.3, 0.4) is 0 Å². The number of hydrogen-bond donors (Lipinski definition) is 0. The Morgan fingerprint density at radius 3 is 1.51 bits per heavy atom. The Kier molecular flexibility index (Phi) is 8.03. The van der Waals surface area contributed by atoms with Crippen molar-refractivity contribution in [3.63, 3.8) is 0 Å². The van der Waals surface area contributed by atoms with Gasteiger partial charge in [-0.25, -0.2) is 4.42 Å². The fourth-order valence-electron chi connectivity index (χ4n) is 3.94. The summed E-state index contributed by atoms with van der Waals surface area (Å²) in [5.74, 6) is 2.51. The molecule has 0 unspecified atom stereocenters. The lowest BCUT2D eigenvalue weighted by Gasteiger charge is -2.11. The lowest BCUT2D eigenvalue weighted by molar-refractivity contribution is 0.368. The summed E-state index contributed by atoms with van der Waals surface area (Å²) in [4.78, 5) is 0. The van der Waals surface area contributed by atoms with E-state index in [4.69, 9.17) is 9.15 Å². The highest BCUT2D eigenvalue weighted by Gasteiger charge is 2.28. The van der Waals surface area contributed by atoms with Crippen LogP contribution < -0.4 is 4.74 Å². The fourth-order valence-corrected chi connectivity index (χ4v) is 3.94. The summed E-state index contributed by atoms with van der Waals surface area (Å²) in [7, 11) is -4.32. The summed E-state index contributed by atoms with van der Waals surface area (Å²) in [6.07, 6.45) is 0. The number of rotatable bonds is 5. The zero-order valence-electron chi connectivity index (χ0n) is 20.0. The Balaban J connectivity index is 0.000000586. The van der Waals surface area contributed by atoms with E-state index < -0.39 is 7.25 Å². The molecule has 0 aliphatic rings. The fraction of sp³-hybridized carbons (Fsp3) is 0.0333. The quantitative estimate of drug-likeness (QED) is 0.136. The molecule has 0 atom stereocenters. The van der Waals surface area contributed by atoms with E-state index in [1.54, 1.807) is 7.11 Å². The molecule has 0 amide bonds. The van der Waals surface area contributed by atoms with Crippen LogP contribution >= 0.6 is 0 Å². The van der Waals surface area contributed by atoms with Crippen molar-refractivity contribution in [2.45, 2.75) is 0 Å². The maximum absolute atomic E-state index is 9.75. The van der Waals surface area contributed by atoms with Crippen molar-refractivity contribution in [2.24, 2.45) is 0 Å². The van der Waals surface area contributed by atoms with Gasteiger partial charge in [-0.2, -0.15) is 0 Å². The summed E-state index contributed by atoms with van der Waals surface area (Å²) in [5, 5.41) is 0. The van der Waals surface area contributed by atoms with E-state index in [2.05, 4.69) is 66.7 Å². The summed E-state index contributed by atoms with van der Waals surface area (Å²) >= 11 is 0. The molecule has 7 heteroatoms. The van der Waals surface area contributed by atoms with Crippen LogP contribution in [0.1, 0.15) is 0 Å². The van der Waals surface area contributed by atoms with Crippen LogP contribution in [0.5, 0.6) is 5.75 Å². The first-order valence-corrected chi connectivity index (χ1v) is 11.5. The van der Waals surface area contributed by atoms with Gasteiger partial charge in [0.2, 0.25) is 0 Å². The maximum Gasteiger partial charge on any atom is 0.673 e. The Labute approximate surface area is 212 Å². The Bertz CT molecular complexity index is 1360. The first kappa shape index (κ1) is 25.7. The van der Waals surface area contributed by atoms with E-state index in [1.165, 1.54) is 0 Å². The highest BCUT2D eigenvalue weighted by molar-refractivity contribution is 6.50. The van der Waals surface area contributed by atoms with Crippen LogP contribution in [-0.2, 0) is 0 Å². The standard InChI is InChI=1S/C30H23O2.BF4/c1-31-26-19-17-24(18-20-26)29-27(22-11-5-2-6-12-22)21-28(23-13-7-3-8-14-23)32-30(29)25-15-9-4-10-16-25;2-1(3,4)5/h2-21H,1H3;/q+1;-1. The van der Waals surface area contributed by atoms with Gasteiger partial charge in [0.15, 0.2) is 0 Å². The van der Waals surface area contributed by atoms with Crippen molar-refractivity contribution < 1.29 is 26.4 Å². The number of benzene rings is 4. The van der Waals surface area contributed by atoms with Gasteiger partial charge in [-0.1, -0.05) is 78.9 Å². The van der Waals surface area contributed by atoms with Crippen molar-refractivity contribution in [1.29, 1.82) is 0 Å². The van der Waals surface area contributed by atoms with Crippen LogP contribution in [0, 0.1) is 0 Å². The molecule has 0 saturated carbocycles. The normalized spacial score (nSPS) is 10.8. The van der Waals surface area contributed by atoms with E-state index in [-0.39, 0.29) is 0 Å². The van der Waals surface area contributed by atoms with E-state index in [0.29, 0.717) is 0 Å². The Hall–Kier alpha value is -4.39. The highest BCUT2D eigenvalue weighted by Crippen LogP contribution is 2.43. The smallest absolute Gasteiger partial charge is 0.497 e.